The quantitative estimate of drug-likeness (QED) is 0.738. The summed E-state index contributed by atoms with van der Waals surface area (Å²) in [6, 6.07) is 0.253. The van der Waals surface area contributed by atoms with E-state index in [1.165, 1.54) is 0 Å². The van der Waals surface area contributed by atoms with Crippen LogP contribution in [0.1, 0.15) is 20.8 Å². The molecule has 0 amide bonds. The van der Waals surface area contributed by atoms with Crippen LogP contribution >= 0.6 is 0 Å². The van der Waals surface area contributed by atoms with Gasteiger partial charge >= 0.3 is 6.01 Å². The molecule has 0 aliphatic heterocycles. The molecular formula is C8H15N5O. The van der Waals surface area contributed by atoms with Gasteiger partial charge in [0.2, 0.25) is 11.9 Å². The van der Waals surface area contributed by atoms with Crippen LogP contribution in [0, 0.1) is 0 Å². The highest BCUT2D eigenvalue weighted by Gasteiger charge is 2.05. The summed E-state index contributed by atoms with van der Waals surface area (Å²) in [5.41, 5.74) is 5.48. The molecule has 0 saturated heterocycles. The molecule has 0 aromatic carbocycles. The molecule has 0 aliphatic carbocycles. The van der Waals surface area contributed by atoms with Gasteiger partial charge in [0.1, 0.15) is 0 Å². The maximum atomic E-state index is 5.48. The average molecular weight is 197 g/mol. The molecule has 78 valence electrons. The lowest BCUT2D eigenvalue weighted by molar-refractivity contribution is 0.222. The van der Waals surface area contributed by atoms with E-state index in [0.717, 1.165) is 6.54 Å². The summed E-state index contributed by atoms with van der Waals surface area (Å²) in [5.74, 6) is 0.599. The molecule has 0 aliphatic rings. The van der Waals surface area contributed by atoms with E-state index in [9.17, 15) is 0 Å². The maximum absolute atomic E-state index is 5.48. The highest BCUT2D eigenvalue weighted by Crippen LogP contribution is 2.09. The smallest absolute Gasteiger partial charge is 0.323 e. The highest BCUT2D eigenvalue weighted by molar-refractivity contribution is 5.32. The third-order valence-corrected chi connectivity index (χ3v) is 1.31. The van der Waals surface area contributed by atoms with Crippen LogP contribution in [0.3, 0.4) is 0 Å². The Morgan fingerprint density at radius 2 is 2.07 bits per heavy atom. The molecule has 0 unspecified atom stereocenters. The van der Waals surface area contributed by atoms with E-state index >= 15 is 0 Å². The van der Waals surface area contributed by atoms with Gasteiger partial charge in [0.05, 0.1) is 6.10 Å². The first-order valence-electron chi connectivity index (χ1n) is 4.54. The summed E-state index contributed by atoms with van der Waals surface area (Å²) in [7, 11) is 0. The van der Waals surface area contributed by atoms with Crippen LogP contribution in [0.2, 0.25) is 0 Å². The second-order valence-electron chi connectivity index (χ2n) is 3.00. The third kappa shape index (κ3) is 3.04. The summed E-state index contributed by atoms with van der Waals surface area (Å²) < 4.78 is 5.30. The number of rotatable bonds is 4. The number of nitrogen functional groups attached to an aromatic ring is 1. The third-order valence-electron chi connectivity index (χ3n) is 1.31. The van der Waals surface area contributed by atoms with Gasteiger partial charge in [0.25, 0.3) is 0 Å². The monoisotopic (exact) mass is 197 g/mol. The maximum Gasteiger partial charge on any atom is 0.323 e. The molecule has 0 bridgehead atoms. The van der Waals surface area contributed by atoms with Crippen molar-refractivity contribution in [2.24, 2.45) is 0 Å². The van der Waals surface area contributed by atoms with Crippen molar-refractivity contribution in [2.45, 2.75) is 26.9 Å². The van der Waals surface area contributed by atoms with Crippen LogP contribution in [0.4, 0.5) is 11.9 Å². The first-order chi connectivity index (χ1) is 6.61. The van der Waals surface area contributed by atoms with Crippen molar-refractivity contribution in [2.75, 3.05) is 17.6 Å². The Morgan fingerprint density at radius 1 is 1.36 bits per heavy atom. The van der Waals surface area contributed by atoms with Gasteiger partial charge in [-0.15, -0.1) is 0 Å². The fraction of sp³-hybridized carbons (Fsp3) is 0.625. The van der Waals surface area contributed by atoms with E-state index in [-0.39, 0.29) is 18.1 Å². The highest BCUT2D eigenvalue weighted by atomic mass is 16.5. The van der Waals surface area contributed by atoms with Crippen LogP contribution < -0.4 is 15.8 Å². The summed E-state index contributed by atoms with van der Waals surface area (Å²) in [6.07, 6.45) is 0.0197. The summed E-state index contributed by atoms with van der Waals surface area (Å²) in [4.78, 5) is 11.8. The summed E-state index contributed by atoms with van der Waals surface area (Å²) >= 11 is 0. The van der Waals surface area contributed by atoms with Crippen LogP contribution in [0.5, 0.6) is 6.01 Å². The van der Waals surface area contributed by atoms with Crippen molar-refractivity contribution in [3.05, 3.63) is 0 Å². The van der Waals surface area contributed by atoms with Crippen LogP contribution in [-0.4, -0.2) is 27.6 Å². The standard InChI is InChI=1S/C8H15N5O/c1-4-10-7-11-6(9)12-8(13-7)14-5(2)3/h5H,4H2,1-3H3,(H3,9,10,11,12,13). The van der Waals surface area contributed by atoms with Crippen molar-refractivity contribution in [3.63, 3.8) is 0 Å². The van der Waals surface area contributed by atoms with E-state index in [1.54, 1.807) is 0 Å². The SMILES string of the molecule is CCNc1nc(N)nc(OC(C)C)n1. The Morgan fingerprint density at radius 3 is 2.64 bits per heavy atom. The molecule has 0 atom stereocenters. The number of nitrogens with one attached hydrogen (secondary N) is 1. The molecule has 1 aromatic heterocycles. The van der Waals surface area contributed by atoms with Crippen molar-refractivity contribution in [3.8, 4) is 6.01 Å². The van der Waals surface area contributed by atoms with Crippen LogP contribution in [0.25, 0.3) is 0 Å². The van der Waals surface area contributed by atoms with Crippen molar-refractivity contribution in [1.29, 1.82) is 0 Å². The summed E-state index contributed by atoms with van der Waals surface area (Å²) in [5, 5.41) is 2.94. The first kappa shape index (κ1) is 10.5. The topological polar surface area (TPSA) is 86.0 Å². The molecule has 1 aromatic rings. The second kappa shape index (κ2) is 4.59. The van der Waals surface area contributed by atoms with Crippen LogP contribution in [-0.2, 0) is 0 Å². The number of anilines is 2. The second-order valence-corrected chi connectivity index (χ2v) is 3.00. The fourth-order valence-corrected chi connectivity index (χ4v) is 0.873. The van der Waals surface area contributed by atoms with Gasteiger partial charge in [-0.05, 0) is 20.8 Å². The molecule has 0 saturated carbocycles. The molecule has 0 fully saturated rings. The Balaban J connectivity index is 2.83. The van der Waals surface area contributed by atoms with E-state index in [0.29, 0.717) is 5.95 Å². The molecule has 6 nitrogen and oxygen atoms in total. The number of aromatic nitrogens is 3. The number of ether oxygens (including phenoxy) is 1. The largest absolute Gasteiger partial charge is 0.461 e. The van der Waals surface area contributed by atoms with Gasteiger partial charge in [0, 0.05) is 6.54 Å². The number of hydrogen-bond acceptors (Lipinski definition) is 6. The molecule has 14 heavy (non-hydrogen) atoms. The van der Waals surface area contributed by atoms with Gasteiger partial charge in [-0.3, -0.25) is 0 Å². The molecule has 1 rings (SSSR count). The zero-order chi connectivity index (χ0) is 10.6. The zero-order valence-corrected chi connectivity index (χ0v) is 8.61. The van der Waals surface area contributed by atoms with E-state index in [4.69, 9.17) is 10.5 Å². The predicted molar refractivity (Wildman–Crippen MR) is 54.2 cm³/mol. The lowest BCUT2D eigenvalue weighted by atomic mass is 10.5. The molecule has 6 heteroatoms. The molecule has 0 spiro atoms. The Labute approximate surface area is 82.9 Å². The van der Waals surface area contributed by atoms with E-state index < -0.39 is 0 Å². The van der Waals surface area contributed by atoms with Crippen molar-refractivity contribution >= 4 is 11.9 Å². The van der Waals surface area contributed by atoms with Crippen molar-refractivity contribution < 1.29 is 4.74 Å². The van der Waals surface area contributed by atoms with E-state index in [1.807, 2.05) is 20.8 Å². The van der Waals surface area contributed by atoms with Crippen molar-refractivity contribution in [1.82, 2.24) is 15.0 Å². The van der Waals surface area contributed by atoms with Gasteiger partial charge in [-0.1, -0.05) is 0 Å². The first-order valence-corrected chi connectivity index (χ1v) is 4.54. The molecular weight excluding hydrogens is 182 g/mol. The Bertz CT molecular complexity index is 302. The number of hydrogen-bond donors (Lipinski definition) is 2. The van der Waals surface area contributed by atoms with Gasteiger partial charge in [-0.2, -0.15) is 15.0 Å². The average Bonchev–Trinajstić information content (AvgIpc) is 2.01. The predicted octanol–water partition coefficient (Wildman–Crippen LogP) is 0.673. The lowest BCUT2D eigenvalue weighted by Crippen LogP contribution is -2.12. The minimum absolute atomic E-state index is 0.0197. The minimum atomic E-state index is 0.0197. The fourth-order valence-electron chi connectivity index (χ4n) is 0.873. The Hall–Kier alpha value is -1.59. The number of nitrogens with zero attached hydrogens (tertiary/aromatic N) is 3. The number of nitrogens with two attached hydrogens (primary N) is 1. The minimum Gasteiger partial charge on any atom is -0.461 e. The lowest BCUT2D eigenvalue weighted by Gasteiger charge is -2.08. The zero-order valence-electron chi connectivity index (χ0n) is 8.61. The van der Waals surface area contributed by atoms with Gasteiger partial charge < -0.3 is 15.8 Å². The molecule has 1 heterocycles. The van der Waals surface area contributed by atoms with E-state index in [2.05, 4.69) is 20.3 Å². The molecule has 0 radical (unpaired) electrons. The summed E-state index contributed by atoms with van der Waals surface area (Å²) in [6.45, 7) is 6.47. The molecule has 3 N–H and O–H groups in total. The van der Waals surface area contributed by atoms with Crippen LogP contribution in [0.15, 0.2) is 0 Å². The Kier molecular flexibility index (Phi) is 3.44. The normalized spacial score (nSPS) is 10.3. The van der Waals surface area contributed by atoms with Gasteiger partial charge in [-0.25, -0.2) is 0 Å². The van der Waals surface area contributed by atoms with Gasteiger partial charge in [0.15, 0.2) is 0 Å².